The van der Waals surface area contributed by atoms with Crippen LogP contribution < -0.4 is 0 Å². The number of carbonyl (C=O) groups is 1. The van der Waals surface area contributed by atoms with Crippen LogP contribution >= 0.6 is 0 Å². The number of rotatable bonds is 5. The fraction of sp³-hybridized carbons (Fsp3) is 0.450. The number of amides is 1. The second kappa shape index (κ2) is 6.92. The van der Waals surface area contributed by atoms with Crippen molar-refractivity contribution in [2.45, 2.75) is 25.9 Å². The third-order valence-corrected chi connectivity index (χ3v) is 5.58. The van der Waals surface area contributed by atoms with E-state index in [1.54, 1.807) is 18.5 Å². The van der Waals surface area contributed by atoms with Gasteiger partial charge >= 0.3 is 0 Å². The number of hydrogen-bond donors (Lipinski definition) is 0. The van der Waals surface area contributed by atoms with Gasteiger partial charge in [-0.05, 0) is 43.0 Å². The molecule has 0 bridgehead atoms. The van der Waals surface area contributed by atoms with Crippen molar-refractivity contribution in [2.24, 2.45) is 11.3 Å². The van der Waals surface area contributed by atoms with Gasteiger partial charge in [-0.3, -0.25) is 14.8 Å². The first-order valence-electron chi connectivity index (χ1n) is 8.95. The van der Waals surface area contributed by atoms with Crippen molar-refractivity contribution in [3.05, 3.63) is 60.2 Å². The summed E-state index contributed by atoms with van der Waals surface area (Å²) in [5, 5.41) is 0. The van der Waals surface area contributed by atoms with Gasteiger partial charge in [0.1, 0.15) is 5.69 Å². The summed E-state index contributed by atoms with van der Waals surface area (Å²) in [5.41, 5.74) is 1.58. The highest BCUT2D eigenvalue weighted by Crippen LogP contribution is 2.49. The largest absolute Gasteiger partial charge is 0.375 e. The van der Waals surface area contributed by atoms with E-state index in [0.29, 0.717) is 24.8 Å². The Bertz CT molecular complexity index is 722. The van der Waals surface area contributed by atoms with E-state index in [9.17, 15) is 4.79 Å². The van der Waals surface area contributed by atoms with E-state index in [0.717, 1.165) is 25.2 Å². The van der Waals surface area contributed by atoms with Gasteiger partial charge in [-0.2, -0.15) is 0 Å². The van der Waals surface area contributed by atoms with Crippen molar-refractivity contribution in [1.29, 1.82) is 0 Å². The summed E-state index contributed by atoms with van der Waals surface area (Å²) in [6.07, 6.45) is 7.00. The molecule has 0 radical (unpaired) electrons. The first-order valence-corrected chi connectivity index (χ1v) is 8.95. The predicted octanol–water partition coefficient (Wildman–Crippen LogP) is 2.94. The Kier molecular flexibility index (Phi) is 4.49. The Hall–Kier alpha value is -2.27. The number of carbonyl (C=O) groups excluding carboxylic acids is 1. The van der Waals surface area contributed by atoms with E-state index in [4.69, 9.17) is 4.74 Å². The lowest BCUT2D eigenvalue weighted by Gasteiger charge is -2.28. The predicted molar refractivity (Wildman–Crippen MR) is 93.8 cm³/mol. The highest BCUT2D eigenvalue weighted by atomic mass is 16.5. The van der Waals surface area contributed by atoms with Crippen LogP contribution in [0.15, 0.2) is 48.8 Å². The second-order valence-corrected chi connectivity index (χ2v) is 7.17. The highest BCUT2D eigenvalue weighted by Gasteiger charge is 2.50. The van der Waals surface area contributed by atoms with Crippen molar-refractivity contribution in [3.8, 4) is 0 Å². The van der Waals surface area contributed by atoms with E-state index in [1.165, 1.54) is 12.8 Å². The molecule has 4 rings (SSSR count). The van der Waals surface area contributed by atoms with Crippen molar-refractivity contribution in [2.75, 3.05) is 19.7 Å². The van der Waals surface area contributed by atoms with Crippen LogP contribution in [0.5, 0.6) is 0 Å². The number of nitrogens with zero attached hydrogens (tertiary/aromatic N) is 3. The Balaban J connectivity index is 1.41. The fourth-order valence-corrected chi connectivity index (χ4v) is 4.30. The molecule has 0 spiro atoms. The lowest BCUT2D eigenvalue weighted by molar-refractivity contribution is 0.0252. The van der Waals surface area contributed by atoms with Crippen LogP contribution in [0.4, 0.5) is 0 Å². The standard InChI is InChI=1S/C20H23N3O2/c24-19(18-8-2-4-11-22-18)23-12-16-6-5-9-20(16,14-23)15-25-13-17-7-1-3-10-21-17/h1-4,7-8,10-11,16H,5-6,9,12-15H2/t16-,20+/m1/s1. The van der Waals surface area contributed by atoms with Crippen LogP contribution in [-0.4, -0.2) is 40.5 Å². The SMILES string of the molecule is O=C(c1ccccn1)N1C[C@H]2CCC[C@@]2(COCc2ccccn2)C1. The Labute approximate surface area is 148 Å². The molecule has 1 aliphatic carbocycles. The molecule has 3 heterocycles. The third kappa shape index (κ3) is 3.29. The lowest BCUT2D eigenvalue weighted by atomic mass is 9.81. The van der Waals surface area contributed by atoms with Gasteiger partial charge in [-0.15, -0.1) is 0 Å². The molecule has 1 amide bonds. The van der Waals surface area contributed by atoms with E-state index >= 15 is 0 Å². The van der Waals surface area contributed by atoms with Crippen LogP contribution in [0.2, 0.25) is 0 Å². The van der Waals surface area contributed by atoms with Gasteiger partial charge in [0.2, 0.25) is 0 Å². The molecule has 2 aromatic rings. The van der Waals surface area contributed by atoms with Gasteiger partial charge in [-0.1, -0.05) is 18.6 Å². The molecule has 25 heavy (non-hydrogen) atoms. The van der Waals surface area contributed by atoms with Crippen LogP contribution in [0, 0.1) is 11.3 Å². The maximum Gasteiger partial charge on any atom is 0.272 e. The number of aromatic nitrogens is 2. The molecule has 2 fully saturated rings. The van der Waals surface area contributed by atoms with Crippen molar-refractivity contribution in [3.63, 3.8) is 0 Å². The first-order chi connectivity index (χ1) is 12.3. The molecule has 1 saturated heterocycles. The summed E-state index contributed by atoms with van der Waals surface area (Å²) in [4.78, 5) is 23.2. The van der Waals surface area contributed by atoms with Gasteiger partial charge in [0.25, 0.3) is 5.91 Å². The summed E-state index contributed by atoms with van der Waals surface area (Å²) in [5.74, 6) is 0.572. The normalized spacial score (nSPS) is 25.1. The minimum atomic E-state index is 0.0408. The second-order valence-electron chi connectivity index (χ2n) is 7.17. The molecular formula is C20H23N3O2. The maximum atomic E-state index is 12.7. The maximum absolute atomic E-state index is 12.7. The van der Waals surface area contributed by atoms with E-state index in [-0.39, 0.29) is 11.3 Å². The van der Waals surface area contributed by atoms with Crippen LogP contribution in [-0.2, 0) is 11.3 Å². The van der Waals surface area contributed by atoms with Crippen LogP contribution in [0.3, 0.4) is 0 Å². The van der Waals surface area contributed by atoms with Crippen LogP contribution in [0.1, 0.15) is 35.4 Å². The van der Waals surface area contributed by atoms with Crippen molar-refractivity contribution < 1.29 is 9.53 Å². The molecular weight excluding hydrogens is 314 g/mol. The summed E-state index contributed by atoms with van der Waals surface area (Å²) < 4.78 is 6.03. The molecule has 5 heteroatoms. The quantitative estimate of drug-likeness (QED) is 0.842. The average Bonchev–Trinajstić information content (AvgIpc) is 3.20. The lowest BCUT2D eigenvalue weighted by Crippen LogP contribution is -2.35. The van der Waals surface area contributed by atoms with Gasteiger partial charge in [-0.25, -0.2) is 0 Å². The Morgan fingerprint density at radius 2 is 2.04 bits per heavy atom. The molecule has 5 nitrogen and oxygen atoms in total. The van der Waals surface area contributed by atoms with Gasteiger partial charge in [0.05, 0.1) is 18.9 Å². The zero-order chi connectivity index (χ0) is 17.1. The topological polar surface area (TPSA) is 55.3 Å². The highest BCUT2D eigenvalue weighted by molar-refractivity contribution is 5.92. The molecule has 0 N–H and O–H groups in total. The van der Waals surface area contributed by atoms with E-state index in [1.807, 2.05) is 35.2 Å². The summed E-state index contributed by atoms with van der Waals surface area (Å²) in [7, 11) is 0. The number of pyridine rings is 2. The molecule has 0 aromatic carbocycles. The van der Waals surface area contributed by atoms with Crippen molar-refractivity contribution in [1.82, 2.24) is 14.9 Å². The van der Waals surface area contributed by atoms with Crippen LogP contribution in [0.25, 0.3) is 0 Å². The monoisotopic (exact) mass is 337 g/mol. The number of ether oxygens (including phenoxy) is 1. The fourth-order valence-electron chi connectivity index (χ4n) is 4.30. The molecule has 2 aliphatic rings. The molecule has 130 valence electrons. The van der Waals surface area contributed by atoms with Gasteiger partial charge < -0.3 is 9.64 Å². The third-order valence-electron chi connectivity index (χ3n) is 5.58. The molecule has 2 aromatic heterocycles. The summed E-state index contributed by atoms with van der Waals surface area (Å²) >= 11 is 0. The zero-order valence-electron chi connectivity index (χ0n) is 14.3. The van der Waals surface area contributed by atoms with Gasteiger partial charge in [0.15, 0.2) is 0 Å². The molecule has 1 saturated carbocycles. The molecule has 1 aliphatic heterocycles. The van der Waals surface area contributed by atoms with E-state index < -0.39 is 0 Å². The zero-order valence-corrected chi connectivity index (χ0v) is 14.3. The average molecular weight is 337 g/mol. The Morgan fingerprint density at radius 3 is 2.80 bits per heavy atom. The minimum absolute atomic E-state index is 0.0408. The molecule has 0 unspecified atom stereocenters. The first kappa shape index (κ1) is 16.2. The minimum Gasteiger partial charge on any atom is -0.375 e. The van der Waals surface area contributed by atoms with Crippen molar-refractivity contribution >= 4 is 5.91 Å². The number of hydrogen-bond acceptors (Lipinski definition) is 4. The summed E-state index contributed by atoms with van der Waals surface area (Å²) in [6.45, 7) is 2.82. The Morgan fingerprint density at radius 1 is 1.20 bits per heavy atom. The van der Waals surface area contributed by atoms with Gasteiger partial charge in [0, 0.05) is 30.9 Å². The number of fused-ring (bicyclic) bond motifs is 1. The van der Waals surface area contributed by atoms with E-state index in [2.05, 4.69) is 9.97 Å². The summed E-state index contributed by atoms with van der Waals surface area (Å²) in [6, 6.07) is 11.4. The smallest absolute Gasteiger partial charge is 0.272 e. The number of likely N-dealkylation sites (tertiary alicyclic amines) is 1. The molecule has 2 atom stereocenters.